The topological polar surface area (TPSA) is 77.2 Å². The summed E-state index contributed by atoms with van der Waals surface area (Å²) < 4.78 is 12.5. The second-order valence-electron chi connectivity index (χ2n) is 5.90. The maximum atomic E-state index is 12.5. The number of ether oxygens (including phenoxy) is 1. The van der Waals surface area contributed by atoms with Crippen molar-refractivity contribution in [3.63, 3.8) is 0 Å². The summed E-state index contributed by atoms with van der Waals surface area (Å²) in [6.07, 6.45) is 3.37. The van der Waals surface area contributed by atoms with Crippen LogP contribution in [0.25, 0.3) is 22.6 Å². The Morgan fingerprint density at radius 2 is 1.96 bits per heavy atom. The maximum Gasteiger partial charge on any atom is 0.255 e. The van der Waals surface area contributed by atoms with Gasteiger partial charge in [0.2, 0.25) is 5.89 Å². The van der Waals surface area contributed by atoms with Gasteiger partial charge in [0.1, 0.15) is 11.3 Å². The molecule has 1 N–H and O–H groups in total. The number of anilines is 1. The van der Waals surface area contributed by atoms with Crippen molar-refractivity contribution >= 4 is 54.6 Å². The minimum absolute atomic E-state index is 0.234. The fourth-order valence-electron chi connectivity index (χ4n) is 2.67. The number of carbonyl (C=O) groups excluding carboxylic acids is 1. The van der Waals surface area contributed by atoms with Gasteiger partial charge in [-0.3, -0.25) is 9.78 Å². The molecule has 4 rings (SSSR count). The fourth-order valence-corrected chi connectivity index (χ4v) is 3.57. The quantitative estimate of drug-likeness (QED) is 0.388. The molecule has 6 nitrogen and oxygen atoms in total. The SMILES string of the molecule is COc1ccc(C(=O)Nc2ccc3oc(-c4cncc(Br)c4)nc3c2)cc1Br. The van der Waals surface area contributed by atoms with Crippen LogP contribution in [0.1, 0.15) is 10.4 Å². The molecule has 2 aromatic carbocycles. The monoisotopic (exact) mass is 501 g/mol. The molecule has 1 amide bonds. The van der Waals surface area contributed by atoms with Gasteiger partial charge in [0.15, 0.2) is 5.58 Å². The van der Waals surface area contributed by atoms with Crippen LogP contribution in [0.15, 0.2) is 68.2 Å². The van der Waals surface area contributed by atoms with Crippen LogP contribution in [-0.4, -0.2) is 23.0 Å². The molecule has 8 heteroatoms. The number of rotatable bonds is 4. The van der Waals surface area contributed by atoms with Crippen LogP contribution in [-0.2, 0) is 0 Å². The van der Waals surface area contributed by atoms with Gasteiger partial charge < -0.3 is 14.5 Å². The maximum absolute atomic E-state index is 12.5. The third-order valence-corrected chi connectivity index (χ3v) is 5.06. The van der Waals surface area contributed by atoms with Gasteiger partial charge in [-0.05, 0) is 74.3 Å². The number of carbonyl (C=O) groups is 1. The van der Waals surface area contributed by atoms with Crippen molar-refractivity contribution in [2.75, 3.05) is 12.4 Å². The lowest BCUT2D eigenvalue weighted by molar-refractivity contribution is 0.102. The van der Waals surface area contributed by atoms with Gasteiger partial charge >= 0.3 is 0 Å². The summed E-state index contributed by atoms with van der Waals surface area (Å²) >= 11 is 6.78. The van der Waals surface area contributed by atoms with E-state index in [1.165, 1.54) is 0 Å². The Hall–Kier alpha value is -2.71. The number of halogens is 2. The first kappa shape index (κ1) is 18.6. The molecule has 0 aliphatic carbocycles. The highest BCUT2D eigenvalue weighted by molar-refractivity contribution is 9.10. The van der Waals surface area contributed by atoms with Crippen LogP contribution in [0.4, 0.5) is 5.69 Å². The summed E-state index contributed by atoms with van der Waals surface area (Å²) in [5.74, 6) is 0.893. The molecule has 140 valence electrons. The minimum Gasteiger partial charge on any atom is -0.496 e. The Morgan fingerprint density at radius 1 is 1.11 bits per heavy atom. The molecule has 0 saturated carbocycles. The summed E-state index contributed by atoms with van der Waals surface area (Å²) in [4.78, 5) is 21.2. The molecule has 28 heavy (non-hydrogen) atoms. The number of pyridine rings is 1. The van der Waals surface area contributed by atoms with E-state index in [-0.39, 0.29) is 5.91 Å². The van der Waals surface area contributed by atoms with E-state index in [9.17, 15) is 4.79 Å². The molecule has 0 atom stereocenters. The fraction of sp³-hybridized carbons (Fsp3) is 0.0500. The van der Waals surface area contributed by atoms with Crippen molar-refractivity contribution in [3.05, 3.63) is 69.4 Å². The highest BCUT2D eigenvalue weighted by atomic mass is 79.9. The summed E-state index contributed by atoms with van der Waals surface area (Å²) in [6, 6.07) is 12.3. The number of benzene rings is 2. The molecule has 2 heterocycles. The van der Waals surface area contributed by atoms with Crippen LogP contribution >= 0.6 is 31.9 Å². The largest absolute Gasteiger partial charge is 0.496 e. The Bertz CT molecular complexity index is 1190. The van der Waals surface area contributed by atoms with Gasteiger partial charge in [0.25, 0.3) is 5.91 Å². The number of nitrogens with zero attached hydrogens (tertiary/aromatic N) is 2. The molecular formula is C20H13Br2N3O3. The van der Waals surface area contributed by atoms with Crippen molar-refractivity contribution < 1.29 is 13.9 Å². The van der Waals surface area contributed by atoms with Gasteiger partial charge in [0.05, 0.1) is 17.1 Å². The summed E-state index contributed by atoms with van der Waals surface area (Å²) in [6.45, 7) is 0. The van der Waals surface area contributed by atoms with Crippen LogP contribution in [0.5, 0.6) is 5.75 Å². The summed E-state index contributed by atoms with van der Waals surface area (Å²) in [7, 11) is 1.57. The van der Waals surface area contributed by atoms with E-state index in [4.69, 9.17) is 9.15 Å². The highest BCUT2D eigenvalue weighted by Gasteiger charge is 2.12. The van der Waals surface area contributed by atoms with Crippen LogP contribution in [0.3, 0.4) is 0 Å². The predicted octanol–water partition coefficient (Wildman–Crippen LogP) is 5.68. The van der Waals surface area contributed by atoms with E-state index in [2.05, 4.69) is 47.1 Å². The predicted molar refractivity (Wildman–Crippen MR) is 114 cm³/mol. The van der Waals surface area contributed by atoms with Crippen molar-refractivity contribution in [1.29, 1.82) is 0 Å². The molecule has 0 saturated heterocycles. The molecule has 0 unspecified atom stereocenters. The first-order valence-corrected chi connectivity index (χ1v) is 9.78. The Morgan fingerprint density at radius 3 is 2.71 bits per heavy atom. The van der Waals surface area contributed by atoms with Crippen molar-refractivity contribution in [2.24, 2.45) is 0 Å². The lowest BCUT2D eigenvalue weighted by Crippen LogP contribution is -2.11. The van der Waals surface area contributed by atoms with Gasteiger partial charge in [-0.25, -0.2) is 4.98 Å². The second kappa shape index (κ2) is 7.73. The average molecular weight is 503 g/mol. The zero-order valence-corrected chi connectivity index (χ0v) is 17.7. The molecule has 0 aliphatic heterocycles. The van der Waals surface area contributed by atoms with E-state index in [1.54, 1.807) is 55.9 Å². The Labute approximate surface area is 177 Å². The molecule has 0 fully saturated rings. The standard InChI is InChI=1S/C20H13Br2N3O3/c1-27-17-4-2-11(7-15(17)22)19(26)24-14-3-5-18-16(8-14)25-20(28-18)12-6-13(21)10-23-9-12/h2-10H,1H3,(H,24,26). The number of aromatic nitrogens is 2. The van der Waals surface area contributed by atoms with Gasteiger partial charge in [-0.2, -0.15) is 0 Å². The number of hydrogen-bond donors (Lipinski definition) is 1. The zero-order valence-electron chi connectivity index (χ0n) is 14.6. The number of fused-ring (bicyclic) bond motifs is 1. The molecule has 2 aromatic heterocycles. The number of nitrogens with one attached hydrogen (secondary N) is 1. The zero-order chi connectivity index (χ0) is 19.7. The molecular weight excluding hydrogens is 490 g/mol. The lowest BCUT2D eigenvalue weighted by atomic mass is 10.2. The highest BCUT2D eigenvalue weighted by Crippen LogP contribution is 2.28. The summed E-state index contributed by atoms with van der Waals surface area (Å²) in [5, 5.41) is 2.87. The van der Waals surface area contributed by atoms with E-state index in [0.29, 0.717) is 38.5 Å². The number of amides is 1. The first-order chi connectivity index (χ1) is 13.5. The third-order valence-electron chi connectivity index (χ3n) is 4.01. The number of hydrogen-bond acceptors (Lipinski definition) is 5. The van der Waals surface area contributed by atoms with E-state index in [0.717, 1.165) is 10.0 Å². The molecule has 4 aromatic rings. The smallest absolute Gasteiger partial charge is 0.255 e. The van der Waals surface area contributed by atoms with Gasteiger partial charge in [-0.15, -0.1) is 0 Å². The average Bonchev–Trinajstić information content (AvgIpc) is 3.11. The van der Waals surface area contributed by atoms with Crippen LogP contribution in [0.2, 0.25) is 0 Å². The van der Waals surface area contributed by atoms with Crippen LogP contribution < -0.4 is 10.1 Å². The number of oxazole rings is 1. The Balaban J connectivity index is 1.59. The lowest BCUT2D eigenvalue weighted by Gasteiger charge is -2.07. The van der Waals surface area contributed by atoms with Crippen molar-refractivity contribution in [3.8, 4) is 17.2 Å². The van der Waals surface area contributed by atoms with Crippen molar-refractivity contribution in [2.45, 2.75) is 0 Å². The third kappa shape index (κ3) is 3.79. The van der Waals surface area contributed by atoms with Crippen molar-refractivity contribution in [1.82, 2.24) is 9.97 Å². The normalized spacial score (nSPS) is 10.8. The van der Waals surface area contributed by atoms with Crippen LogP contribution in [0, 0.1) is 0 Å². The van der Waals surface area contributed by atoms with E-state index >= 15 is 0 Å². The molecule has 0 spiro atoms. The summed E-state index contributed by atoms with van der Waals surface area (Å²) in [5.41, 5.74) is 3.16. The second-order valence-corrected chi connectivity index (χ2v) is 7.67. The molecule has 0 radical (unpaired) electrons. The Kier molecular flexibility index (Phi) is 5.15. The van der Waals surface area contributed by atoms with Gasteiger partial charge in [0, 0.05) is 28.1 Å². The van der Waals surface area contributed by atoms with E-state index < -0.39 is 0 Å². The van der Waals surface area contributed by atoms with E-state index in [1.807, 2.05) is 6.07 Å². The minimum atomic E-state index is -0.234. The van der Waals surface area contributed by atoms with Gasteiger partial charge in [-0.1, -0.05) is 0 Å². The number of methoxy groups -OCH3 is 1. The first-order valence-electron chi connectivity index (χ1n) is 8.20. The molecule has 0 aliphatic rings. The molecule has 0 bridgehead atoms.